The van der Waals surface area contributed by atoms with Crippen LogP contribution in [0, 0.1) is 11.3 Å². The fraction of sp³-hybridized carbons (Fsp3) is 0.0345. The van der Waals surface area contributed by atoms with Gasteiger partial charge >= 0.3 is 0 Å². The van der Waals surface area contributed by atoms with Gasteiger partial charge < -0.3 is 0 Å². The largest absolute Gasteiger partial charge is 0.288 e. The van der Waals surface area contributed by atoms with E-state index in [9.17, 15) is 10.1 Å². The highest BCUT2D eigenvalue weighted by atomic mass is 79.9. The lowest BCUT2D eigenvalue weighted by Gasteiger charge is -2.17. The summed E-state index contributed by atoms with van der Waals surface area (Å²) in [6.45, 7) is 0. The van der Waals surface area contributed by atoms with Crippen molar-refractivity contribution >= 4 is 66.6 Å². The van der Waals surface area contributed by atoms with E-state index in [1.54, 1.807) is 0 Å². The van der Waals surface area contributed by atoms with Crippen LogP contribution in [0.2, 0.25) is 5.02 Å². The Balaban J connectivity index is 1.54. The van der Waals surface area contributed by atoms with Crippen LogP contribution in [0.5, 0.6) is 0 Å². The number of carbonyl (C=O) groups excluding carboxylic acids is 1. The van der Waals surface area contributed by atoms with Crippen molar-refractivity contribution in [3.63, 3.8) is 0 Å². The normalized spacial score (nSPS) is 17.0. The maximum absolute atomic E-state index is 13.2. The van der Waals surface area contributed by atoms with Crippen LogP contribution in [-0.4, -0.2) is 5.78 Å². The number of nitriles is 1. The smallest absolute Gasteiger partial charge is 0.202 e. The summed E-state index contributed by atoms with van der Waals surface area (Å²) >= 11 is 14.8. The van der Waals surface area contributed by atoms with Gasteiger partial charge in [-0.05, 0) is 75.8 Å². The van der Waals surface area contributed by atoms with Crippen LogP contribution in [0.15, 0.2) is 97.6 Å². The summed E-state index contributed by atoms with van der Waals surface area (Å²) in [6, 6.07) is 28.3. The highest BCUT2D eigenvalue weighted by Gasteiger charge is 2.34. The molecule has 35 heavy (non-hydrogen) atoms. The molecule has 0 fully saturated rings. The molecule has 0 N–H and O–H groups in total. The molecule has 4 aromatic rings. The molecule has 6 rings (SSSR count). The van der Waals surface area contributed by atoms with E-state index in [-0.39, 0.29) is 11.7 Å². The summed E-state index contributed by atoms with van der Waals surface area (Å²) in [7, 11) is 0. The number of fused-ring (bicyclic) bond motifs is 4. The molecule has 1 unspecified atom stereocenters. The number of benzene rings is 4. The first-order chi connectivity index (χ1) is 17.0. The third-order valence-corrected chi connectivity index (χ3v) is 8.99. The quantitative estimate of drug-likeness (QED) is 0.146. The van der Waals surface area contributed by atoms with Crippen molar-refractivity contribution in [1.29, 1.82) is 5.26 Å². The van der Waals surface area contributed by atoms with Gasteiger partial charge in [-0.15, -0.1) is 0 Å². The van der Waals surface area contributed by atoms with Crippen LogP contribution in [0.1, 0.15) is 38.5 Å². The molecule has 0 amide bonds. The van der Waals surface area contributed by atoms with Gasteiger partial charge in [-0.25, -0.2) is 0 Å². The number of halogens is 3. The molecule has 0 spiro atoms. The molecule has 2 nitrogen and oxygen atoms in total. The fourth-order valence-electron chi connectivity index (χ4n) is 4.89. The first-order valence-electron chi connectivity index (χ1n) is 10.8. The summed E-state index contributed by atoms with van der Waals surface area (Å²) in [6.07, 6.45) is 0. The highest BCUT2D eigenvalue weighted by Crippen LogP contribution is 2.52. The molecule has 0 bridgehead atoms. The molecule has 1 atom stereocenters. The van der Waals surface area contributed by atoms with Gasteiger partial charge in [0.25, 0.3) is 0 Å². The number of nitrogens with zero attached hydrogens (tertiary/aromatic N) is 1. The van der Waals surface area contributed by atoms with Gasteiger partial charge in [-0.1, -0.05) is 91.6 Å². The average Bonchev–Trinajstić information content (AvgIpc) is 3.36. The summed E-state index contributed by atoms with van der Waals surface area (Å²) in [5.41, 5.74) is 7.44. The molecule has 1 heterocycles. The van der Waals surface area contributed by atoms with Crippen molar-refractivity contribution in [3.8, 4) is 17.2 Å². The molecule has 0 saturated carbocycles. The zero-order valence-corrected chi connectivity index (χ0v) is 22.7. The van der Waals surface area contributed by atoms with Gasteiger partial charge in [-0.2, -0.15) is 5.26 Å². The van der Waals surface area contributed by atoms with Crippen molar-refractivity contribution in [2.24, 2.45) is 0 Å². The lowest BCUT2D eigenvalue weighted by Crippen LogP contribution is -2.01. The molecule has 6 heteroatoms. The Morgan fingerprint density at radius 1 is 0.914 bits per heavy atom. The number of rotatable bonds is 2. The molecule has 1 aliphatic heterocycles. The Labute approximate surface area is 228 Å². The second kappa shape index (κ2) is 8.80. The lowest BCUT2D eigenvalue weighted by molar-refractivity contribution is 0.104. The van der Waals surface area contributed by atoms with Crippen LogP contribution in [0.3, 0.4) is 0 Å². The van der Waals surface area contributed by atoms with E-state index in [0.717, 1.165) is 41.7 Å². The van der Waals surface area contributed by atoms with Gasteiger partial charge in [-0.3, -0.25) is 4.79 Å². The fourth-order valence-corrected chi connectivity index (χ4v) is 7.15. The average molecular weight is 620 g/mol. The predicted octanol–water partition coefficient (Wildman–Crippen LogP) is 9.25. The van der Waals surface area contributed by atoms with Gasteiger partial charge in [0.15, 0.2) is 0 Å². The minimum Gasteiger partial charge on any atom is -0.288 e. The number of hydrogen-bond donors (Lipinski definition) is 0. The molecule has 168 valence electrons. The molecule has 0 aromatic heterocycles. The number of ketones is 1. The van der Waals surface area contributed by atoms with Gasteiger partial charge in [0.05, 0.1) is 10.5 Å². The van der Waals surface area contributed by atoms with E-state index in [4.69, 9.17) is 11.6 Å². The number of allylic oxidation sites excluding steroid dienone is 2. The molecule has 4 aromatic carbocycles. The second-order valence-corrected chi connectivity index (χ2v) is 11.6. The summed E-state index contributed by atoms with van der Waals surface area (Å²) in [4.78, 5) is 14.6. The summed E-state index contributed by atoms with van der Waals surface area (Å²) in [5.74, 6) is -0.0666. The van der Waals surface area contributed by atoms with E-state index in [2.05, 4.69) is 62.2 Å². The van der Waals surface area contributed by atoms with Gasteiger partial charge in [0, 0.05) is 30.3 Å². The lowest BCUT2D eigenvalue weighted by atomic mass is 9.89. The number of Topliss-reactive ketones (excluding diaryl/α,β-unsaturated/α-hetero) is 1. The first kappa shape index (κ1) is 22.8. The maximum atomic E-state index is 13.2. The van der Waals surface area contributed by atoms with Crippen molar-refractivity contribution in [1.82, 2.24) is 0 Å². The zero-order chi connectivity index (χ0) is 24.3. The standard InChI is InChI=1S/C29H14Br2ClNOS/c30-17-7-10-25-22(13-17)28(34)29(35-25)23(14-33)16-11-21-19-3-1-2-4-20(19)26(27(21)24(31)12-16)15-5-8-18(32)9-6-15/h1-13,26H/b29-23-. The van der Waals surface area contributed by atoms with Gasteiger partial charge in [0.1, 0.15) is 6.07 Å². The molecule has 2 aliphatic rings. The molecule has 0 radical (unpaired) electrons. The van der Waals surface area contributed by atoms with Crippen LogP contribution in [-0.2, 0) is 0 Å². The Morgan fingerprint density at radius 3 is 2.46 bits per heavy atom. The highest BCUT2D eigenvalue weighted by molar-refractivity contribution is 9.10. The third-order valence-electron chi connectivity index (χ3n) is 6.42. The van der Waals surface area contributed by atoms with Crippen LogP contribution in [0.25, 0.3) is 16.7 Å². The SMILES string of the molecule is N#C/C(=C1/Sc2ccc(Br)cc2C1=O)c1cc(Br)c2c(c1)-c1ccccc1C2c1ccc(Cl)cc1. The minimum atomic E-state index is -0.112. The minimum absolute atomic E-state index is 0.0455. The van der Waals surface area contributed by atoms with Crippen LogP contribution in [0.4, 0.5) is 0 Å². The first-order valence-corrected chi connectivity index (χ1v) is 13.6. The van der Waals surface area contributed by atoms with Crippen molar-refractivity contribution in [3.05, 3.63) is 126 Å². The maximum Gasteiger partial charge on any atom is 0.202 e. The number of carbonyl (C=O) groups is 1. The Hall–Kier alpha value is -2.62. The number of hydrogen-bond acceptors (Lipinski definition) is 3. The Kier molecular flexibility index (Phi) is 5.74. The summed E-state index contributed by atoms with van der Waals surface area (Å²) < 4.78 is 1.75. The summed E-state index contributed by atoms with van der Waals surface area (Å²) in [5, 5.41) is 10.9. The second-order valence-electron chi connectivity index (χ2n) is 8.38. The topological polar surface area (TPSA) is 40.9 Å². The molecular weight excluding hydrogens is 606 g/mol. The van der Waals surface area contributed by atoms with E-state index < -0.39 is 0 Å². The van der Waals surface area contributed by atoms with Crippen molar-refractivity contribution in [2.75, 3.05) is 0 Å². The van der Waals surface area contributed by atoms with E-state index >= 15 is 0 Å². The van der Waals surface area contributed by atoms with E-state index in [0.29, 0.717) is 21.1 Å². The molecule has 1 aliphatic carbocycles. The monoisotopic (exact) mass is 617 g/mol. The third kappa shape index (κ3) is 3.72. The van der Waals surface area contributed by atoms with Crippen LogP contribution < -0.4 is 0 Å². The Morgan fingerprint density at radius 2 is 1.69 bits per heavy atom. The molecular formula is C29H14Br2ClNOS. The van der Waals surface area contributed by atoms with E-state index in [1.165, 1.54) is 17.3 Å². The zero-order valence-electron chi connectivity index (χ0n) is 18.0. The predicted molar refractivity (Wildman–Crippen MR) is 149 cm³/mol. The number of thioether (sulfide) groups is 1. The van der Waals surface area contributed by atoms with Crippen LogP contribution >= 0.6 is 55.2 Å². The van der Waals surface area contributed by atoms with E-state index in [1.807, 2.05) is 54.6 Å². The van der Waals surface area contributed by atoms with Gasteiger partial charge in [0.2, 0.25) is 5.78 Å². The Bertz CT molecular complexity index is 1640. The molecule has 0 saturated heterocycles. The van der Waals surface area contributed by atoms with Crippen molar-refractivity contribution < 1.29 is 4.79 Å². The van der Waals surface area contributed by atoms with Crippen molar-refractivity contribution in [2.45, 2.75) is 10.8 Å².